The average molecular weight is 179 g/mol. The Labute approximate surface area is 78.0 Å². The van der Waals surface area contributed by atoms with E-state index in [2.05, 4.69) is 36.4 Å². The van der Waals surface area contributed by atoms with Crippen LogP contribution < -0.4 is 0 Å². The van der Waals surface area contributed by atoms with E-state index >= 15 is 0 Å². The lowest BCUT2D eigenvalue weighted by Gasteiger charge is -2.21. The van der Waals surface area contributed by atoms with Crippen LogP contribution in [0.25, 0.3) is 0 Å². The summed E-state index contributed by atoms with van der Waals surface area (Å²) in [6, 6.07) is 0. The molecule has 1 aromatic heterocycles. The fourth-order valence-electron chi connectivity index (χ4n) is 1.01. The molecule has 1 rings (SSSR count). The first-order valence-electron chi connectivity index (χ1n) is 4.03. The number of aromatic nitrogens is 1. The lowest BCUT2D eigenvalue weighted by Crippen LogP contribution is -2.15. The molecule has 0 radical (unpaired) electrons. The molecule has 0 aromatic carbocycles. The summed E-state index contributed by atoms with van der Waals surface area (Å²) in [5.41, 5.74) is 2.18. The van der Waals surface area contributed by atoms with Gasteiger partial charge in [0.05, 0.1) is 0 Å². The van der Waals surface area contributed by atoms with Crippen molar-refractivity contribution in [3.05, 3.63) is 16.6 Å². The minimum atomic E-state index is 0.161. The molecule has 0 saturated carbocycles. The molecule has 2 heteroatoms. The second kappa shape index (κ2) is 3.28. The van der Waals surface area contributed by atoms with Crippen molar-refractivity contribution in [2.45, 2.75) is 32.6 Å². The van der Waals surface area contributed by atoms with Crippen LogP contribution in [0.3, 0.4) is 0 Å². The quantitative estimate of drug-likeness (QED) is 0.636. The maximum atomic E-state index is 5.34. The third-order valence-electron chi connectivity index (χ3n) is 2.32. The first kappa shape index (κ1) is 9.28. The van der Waals surface area contributed by atoms with E-state index in [1.165, 1.54) is 17.1 Å². The summed E-state index contributed by atoms with van der Waals surface area (Å²) < 4.78 is 4.15. The smallest absolute Gasteiger partial charge is 0.130 e. The van der Waals surface area contributed by atoms with E-state index in [4.69, 9.17) is 6.42 Å². The van der Waals surface area contributed by atoms with E-state index in [0.717, 1.165) is 12.1 Å². The summed E-state index contributed by atoms with van der Waals surface area (Å²) in [6.45, 7) is 6.55. The van der Waals surface area contributed by atoms with E-state index in [-0.39, 0.29) is 5.41 Å². The second-order valence-corrected chi connectivity index (χ2v) is 4.09. The largest absolute Gasteiger partial charge is 0.184 e. The van der Waals surface area contributed by atoms with Gasteiger partial charge in [0.15, 0.2) is 0 Å². The molecule has 0 aliphatic carbocycles. The standard InChI is InChI=1S/C10H13NS/c1-5-9-8(7-12-11-9)10(3,4)6-2/h1,7H,6H2,2-4H3. The molecule has 0 aliphatic rings. The van der Waals surface area contributed by atoms with Crippen LogP contribution in [0.15, 0.2) is 5.38 Å². The summed E-state index contributed by atoms with van der Waals surface area (Å²) in [4.78, 5) is 0. The third-order valence-corrected chi connectivity index (χ3v) is 2.95. The summed E-state index contributed by atoms with van der Waals surface area (Å²) >= 11 is 1.44. The predicted octanol–water partition coefficient (Wildman–Crippen LogP) is 2.81. The molecule has 0 bridgehead atoms. The van der Waals surface area contributed by atoms with Crippen LogP contribution in [0.5, 0.6) is 0 Å². The maximum absolute atomic E-state index is 5.34. The lowest BCUT2D eigenvalue weighted by molar-refractivity contribution is 0.506. The maximum Gasteiger partial charge on any atom is 0.130 e. The molecular weight excluding hydrogens is 166 g/mol. The highest BCUT2D eigenvalue weighted by molar-refractivity contribution is 7.03. The first-order chi connectivity index (χ1) is 5.61. The van der Waals surface area contributed by atoms with Crippen LogP contribution in [0.2, 0.25) is 0 Å². The van der Waals surface area contributed by atoms with Gasteiger partial charge in [-0.15, -0.1) is 6.42 Å². The molecule has 0 aliphatic heterocycles. The van der Waals surface area contributed by atoms with Crippen molar-refractivity contribution in [3.63, 3.8) is 0 Å². The minimum Gasteiger partial charge on any atom is -0.184 e. The molecule has 1 heterocycles. The SMILES string of the molecule is C#Cc1nscc1C(C)(C)CC. The highest BCUT2D eigenvalue weighted by atomic mass is 32.1. The van der Waals surface area contributed by atoms with Gasteiger partial charge < -0.3 is 0 Å². The Bertz CT molecular complexity index is 304. The van der Waals surface area contributed by atoms with Crippen molar-refractivity contribution >= 4 is 11.5 Å². The Morgan fingerprint density at radius 2 is 2.33 bits per heavy atom. The molecule has 0 unspecified atom stereocenters. The van der Waals surface area contributed by atoms with Crippen LogP contribution >= 0.6 is 11.5 Å². The summed E-state index contributed by atoms with van der Waals surface area (Å²) in [5.74, 6) is 2.62. The van der Waals surface area contributed by atoms with Crippen LogP contribution in [-0.2, 0) is 5.41 Å². The van der Waals surface area contributed by atoms with E-state index in [1.54, 1.807) is 0 Å². The van der Waals surface area contributed by atoms with Gasteiger partial charge in [-0.05, 0) is 29.3 Å². The number of hydrogen-bond acceptors (Lipinski definition) is 2. The number of terminal acetylenes is 1. The molecule has 1 nitrogen and oxygen atoms in total. The second-order valence-electron chi connectivity index (χ2n) is 3.46. The van der Waals surface area contributed by atoms with Gasteiger partial charge in [-0.2, -0.15) is 4.37 Å². The lowest BCUT2D eigenvalue weighted by atomic mass is 9.83. The molecule has 12 heavy (non-hydrogen) atoms. The summed E-state index contributed by atoms with van der Waals surface area (Å²) in [6.07, 6.45) is 6.42. The monoisotopic (exact) mass is 179 g/mol. The topological polar surface area (TPSA) is 12.9 Å². The van der Waals surface area contributed by atoms with Gasteiger partial charge in [-0.1, -0.05) is 20.8 Å². The number of rotatable bonds is 2. The van der Waals surface area contributed by atoms with Crippen molar-refractivity contribution in [2.75, 3.05) is 0 Å². The highest BCUT2D eigenvalue weighted by Crippen LogP contribution is 2.29. The first-order valence-corrected chi connectivity index (χ1v) is 4.87. The molecule has 0 atom stereocenters. The Balaban J connectivity index is 3.11. The van der Waals surface area contributed by atoms with Crippen LogP contribution in [0.1, 0.15) is 38.4 Å². The molecule has 0 fully saturated rings. The van der Waals surface area contributed by atoms with Crippen molar-refractivity contribution < 1.29 is 0 Å². The Kier molecular flexibility index (Phi) is 2.54. The van der Waals surface area contributed by atoms with Crippen LogP contribution in [0.4, 0.5) is 0 Å². The molecule has 0 saturated heterocycles. The molecule has 0 spiro atoms. The van der Waals surface area contributed by atoms with Crippen molar-refractivity contribution in [1.82, 2.24) is 4.37 Å². The summed E-state index contributed by atoms with van der Waals surface area (Å²) in [7, 11) is 0. The molecule has 0 amide bonds. The van der Waals surface area contributed by atoms with Crippen LogP contribution in [-0.4, -0.2) is 4.37 Å². The zero-order chi connectivity index (χ0) is 9.19. The predicted molar refractivity (Wildman–Crippen MR) is 53.4 cm³/mol. The van der Waals surface area contributed by atoms with E-state index < -0.39 is 0 Å². The van der Waals surface area contributed by atoms with Gasteiger partial charge in [0.1, 0.15) is 5.69 Å². The molecule has 64 valence electrons. The van der Waals surface area contributed by atoms with Gasteiger partial charge in [-0.3, -0.25) is 0 Å². The Hall–Kier alpha value is -0.810. The number of hydrogen-bond donors (Lipinski definition) is 0. The molecule has 1 aromatic rings. The van der Waals surface area contributed by atoms with Crippen molar-refractivity contribution in [2.24, 2.45) is 0 Å². The Morgan fingerprint density at radius 1 is 1.67 bits per heavy atom. The van der Waals surface area contributed by atoms with Gasteiger partial charge >= 0.3 is 0 Å². The van der Waals surface area contributed by atoms with Crippen LogP contribution in [0, 0.1) is 12.3 Å². The molecule has 0 N–H and O–H groups in total. The molecular formula is C10H13NS. The van der Waals surface area contributed by atoms with E-state index in [9.17, 15) is 0 Å². The van der Waals surface area contributed by atoms with Gasteiger partial charge in [0, 0.05) is 10.9 Å². The average Bonchev–Trinajstić information content (AvgIpc) is 2.52. The minimum absolute atomic E-state index is 0.161. The normalized spacial score (nSPS) is 11.2. The van der Waals surface area contributed by atoms with Crippen molar-refractivity contribution in [1.29, 1.82) is 0 Å². The Morgan fingerprint density at radius 3 is 2.83 bits per heavy atom. The van der Waals surface area contributed by atoms with E-state index in [0.29, 0.717) is 0 Å². The van der Waals surface area contributed by atoms with Gasteiger partial charge in [0.2, 0.25) is 0 Å². The van der Waals surface area contributed by atoms with Gasteiger partial charge in [-0.25, -0.2) is 0 Å². The third kappa shape index (κ3) is 1.51. The highest BCUT2D eigenvalue weighted by Gasteiger charge is 2.22. The zero-order valence-corrected chi connectivity index (χ0v) is 8.53. The fraction of sp³-hybridized carbons (Fsp3) is 0.500. The number of nitrogens with zero attached hydrogens (tertiary/aromatic N) is 1. The van der Waals surface area contributed by atoms with Gasteiger partial charge in [0.25, 0.3) is 0 Å². The summed E-state index contributed by atoms with van der Waals surface area (Å²) in [5, 5.41) is 2.05. The van der Waals surface area contributed by atoms with Crippen molar-refractivity contribution in [3.8, 4) is 12.3 Å². The zero-order valence-electron chi connectivity index (χ0n) is 7.72. The fourth-order valence-corrected chi connectivity index (χ4v) is 1.86. The van der Waals surface area contributed by atoms with E-state index in [1.807, 2.05) is 0 Å².